The maximum Gasteiger partial charge on any atom is 0.0991 e. The molecule has 2 aromatic carbocycles. The van der Waals surface area contributed by atoms with Crippen molar-refractivity contribution in [1.82, 2.24) is 0 Å². The number of nitriles is 1. The zero-order chi connectivity index (χ0) is 12.3. The summed E-state index contributed by atoms with van der Waals surface area (Å²) < 4.78 is 0. The first-order chi connectivity index (χ1) is 8.20. The van der Waals surface area contributed by atoms with Crippen molar-refractivity contribution in [1.29, 1.82) is 5.26 Å². The van der Waals surface area contributed by atoms with E-state index in [1.807, 2.05) is 36.4 Å². The fraction of sp³-hybridized carbons (Fsp3) is 0.0714. The number of nitrogens with zero attached hydrogens (tertiary/aromatic N) is 1. The van der Waals surface area contributed by atoms with Crippen LogP contribution in [0.25, 0.3) is 0 Å². The molecule has 84 valence electrons. The van der Waals surface area contributed by atoms with Crippen molar-refractivity contribution in [2.24, 2.45) is 5.73 Å². The highest BCUT2D eigenvalue weighted by molar-refractivity contribution is 6.30. The first kappa shape index (κ1) is 11.7. The Hall–Kier alpha value is -1.82. The van der Waals surface area contributed by atoms with Crippen molar-refractivity contribution < 1.29 is 0 Å². The Balaban J connectivity index is 2.30. The van der Waals surface area contributed by atoms with Crippen LogP contribution in [0.1, 0.15) is 22.7 Å². The van der Waals surface area contributed by atoms with Crippen LogP contribution in [0.4, 0.5) is 0 Å². The Morgan fingerprint density at radius 3 is 2.35 bits per heavy atom. The van der Waals surface area contributed by atoms with Gasteiger partial charge in [-0.3, -0.25) is 0 Å². The van der Waals surface area contributed by atoms with Crippen LogP contribution < -0.4 is 5.73 Å². The monoisotopic (exact) mass is 242 g/mol. The molecule has 0 heterocycles. The van der Waals surface area contributed by atoms with Gasteiger partial charge in [-0.15, -0.1) is 0 Å². The number of nitrogens with two attached hydrogens (primary N) is 1. The van der Waals surface area contributed by atoms with Crippen LogP contribution >= 0.6 is 11.6 Å². The molecule has 0 fully saturated rings. The van der Waals surface area contributed by atoms with Crippen LogP contribution in [-0.4, -0.2) is 0 Å². The molecule has 2 N–H and O–H groups in total. The Kier molecular flexibility index (Phi) is 3.43. The Labute approximate surface area is 105 Å². The van der Waals surface area contributed by atoms with Crippen LogP contribution in [-0.2, 0) is 0 Å². The van der Waals surface area contributed by atoms with Gasteiger partial charge in [0.25, 0.3) is 0 Å². The molecule has 17 heavy (non-hydrogen) atoms. The van der Waals surface area contributed by atoms with Gasteiger partial charge in [-0.1, -0.05) is 35.9 Å². The summed E-state index contributed by atoms with van der Waals surface area (Å²) >= 11 is 5.93. The summed E-state index contributed by atoms with van der Waals surface area (Å²) in [7, 11) is 0. The molecule has 0 amide bonds. The van der Waals surface area contributed by atoms with Gasteiger partial charge in [-0.05, 0) is 35.4 Å². The Morgan fingerprint density at radius 2 is 1.76 bits per heavy atom. The van der Waals surface area contributed by atoms with Gasteiger partial charge in [0.15, 0.2) is 0 Å². The first-order valence-electron chi connectivity index (χ1n) is 5.22. The maximum atomic E-state index is 8.72. The molecule has 3 heteroatoms. The second kappa shape index (κ2) is 5.01. The predicted molar refractivity (Wildman–Crippen MR) is 68.6 cm³/mol. The molecule has 0 aliphatic rings. The van der Waals surface area contributed by atoms with Gasteiger partial charge in [-0.2, -0.15) is 5.26 Å². The zero-order valence-corrected chi connectivity index (χ0v) is 9.85. The van der Waals surface area contributed by atoms with E-state index < -0.39 is 0 Å². The van der Waals surface area contributed by atoms with Crippen LogP contribution in [0.5, 0.6) is 0 Å². The van der Waals surface area contributed by atoms with E-state index in [4.69, 9.17) is 22.6 Å². The zero-order valence-electron chi connectivity index (χ0n) is 9.10. The number of hydrogen-bond acceptors (Lipinski definition) is 2. The summed E-state index contributed by atoms with van der Waals surface area (Å²) in [5.74, 6) is 0. The second-order valence-corrected chi connectivity index (χ2v) is 4.20. The molecule has 0 aliphatic heterocycles. The summed E-state index contributed by atoms with van der Waals surface area (Å²) in [5.41, 5.74) is 8.69. The summed E-state index contributed by atoms with van der Waals surface area (Å²) in [5, 5.41) is 9.39. The lowest BCUT2D eigenvalue weighted by molar-refractivity contribution is 0.871. The van der Waals surface area contributed by atoms with Gasteiger partial charge in [0.1, 0.15) is 0 Å². The third-order valence-electron chi connectivity index (χ3n) is 2.61. The average Bonchev–Trinajstić information content (AvgIpc) is 2.38. The fourth-order valence-electron chi connectivity index (χ4n) is 1.66. The van der Waals surface area contributed by atoms with E-state index in [1.165, 1.54) is 0 Å². The van der Waals surface area contributed by atoms with E-state index in [0.29, 0.717) is 10.6 Å². The normalized spacial score (nSPS) is 11.8. The van der Waals surface area contributed by atoms with E-state index in [-0.39, 0.29) is 6.04 Å². The molecule has 0 radical (unpaired) electrons. The molecule has 0 bridgehead atoms. The van der Waals surface area contributed by atoms with Crippen LogP contribution in [0.3, 0.4) is 0 Å². The lowest BCUT2D eigenvalue weighted by atomic mass is 9.99. The largest absolute Gasteiger partial charge is 0.320 e. The molecule has 2 aromatic rings. The number of hydrogen-bond donors (Lipinski definition) is 1. The molecule has 0 aliphatic carbocycles. The molecule has 1 unspecified atom stereocenters. The number of benzene rings is 2. The highest BCUT2D eigenvalue weighted by Crippen LogP contribution is 2.22. The summed E-state index contributed by atoms with van der Waals surface area (Å²) in [6.45, 7) is 0. The third kappa shape index (κ3) is 2.65. The van der Waals surface area contributed by atoms with Gasteiger partial charge in [0, 0.05) is 5.02 Å². The van der Waals surface area contributed by atoms with Gasteiger partial charge >= 0.3 is 0 Å². The van der Waals surface area contributed by atoms with Crippen molar-refractivity contribution in [3.8, 4) is 6.07 Å². The van der Waals surface area contributed by atoms with Crippen LogP contribution in [0, 0.1) is 11.3 Å². The Morgan fingerprint density at radius 1 is 1.06 bits per heavy atom. The van der Waals surface area contributed by atoms with Crippen LogP contribution in [0.15, 0.2) is 48.5 Å². The average molecular weight is 243 g/mol. The molecule has 2 rings (SSSR count). The second-order valence-electron chi connectivity index (χ2n) is 3.77. The van der Waals surface area contributed by atoms with Crippen LogP contribution in [0.2, 0.25) is 5.02 Å². The molecule has 2 nitrogen and oxygen atoms in total. The van der Waals surface area contributed by atoms with E-state index in [0.717, 1.165) is 11.1 Å². The molecular weight excluding hydrogens is 232 g/mol. The SMILES string of the molecule is N#Cc1ccc(C(N)c2cccc(Cl)c2)cc1. The third-order valence-corrected chi connectivity index (χ3v) is 2.84. The predicted octanol–water partition coefficient (Wildman–Crippen LogP) is 3.26. The maximum absolute atomic E-state index is 8.72. The Bertz CT molecular complexity index is 555. The quantitative estimate of drug-likeness (QED) is 0.879. The number of halogens is 1. The van der Waals surface area contributed by atoms with E-state index in [1.54, 1.807) is 12.1 Å². The van der Waals surface area contributed by atoms with Crippen molar-refractivity contribution in [3.05, 3.63) is 70.2 Å². The topological polar surface area (TPSA) is 49.8 Å². The van der Waals surface area contributed by atoms with Crippen molar-refractivity contribution in [2.75, 3.05) is 0 Å². The smallest absolute Gasteiger partial charge is 0.0991 e. The minimum absolute atomic E-state index is 0.221. The van der Waals surface area contributed by atoms with Crippen molar-refractivity contribution in [3.63, 3.8) is 0 Å². The lowest BCUT2D eigenvalue weighted by Gasteiger charge is -2.12. The highest BCUT2D eigenvalue weighted by atomic mass is 35.5. The van der Waals surface area contributed by atoms with Crippen molar-refractivity contribution >= 4 is 11.6 Å². The first-order valence-corrected chi connectivity index (χ1v) is 5.59. The van der Waals surface area contributed by atoms with Crippen molar-refractivity contribution in [2.45, 2.75) is 6.04 Å². The van der Waals surface area contributed by atoms with Gasteiger partial charge in [-0.25, -0.2) is 0 Å². The molecule has 0 aromatic heterocycles. The standard InChI is InChI=1S/C14H11ClN2/c15-13-3-1-2-12(8-13)14(17)11-6-4-10(9-16)5-7-11/h1-8,14H,17H2. The molecule has 0 spiro atoms. The highest BCUT2D eigenvalue weighted by Gasteiger charge is 2.08. The summed E-state index contributed by atoms with van der Waals surface area (Å²) in [6, 6.07) is 16.6. The van der Waals surface area contributed by atoms with Gasteiger partial charge < -0.3 is 5.73 Å². The molecule has 0 saturated carbocycles. The summed E-state index contributed by atoms with van der Waals surface area (Å²) in [6.07, 6.45) is 0. The van der Waals surface area contributed by atoms with E-state index >= 15 is 0 Å². The van der Waals surface area contributed by atoms with Gasteiger partial charge in [0.2, 0.25) is 0 Å². The van der Waals surface area contributed by atoms with Gasteiger partial charge in [0.05, 0.1) is 17.7 Å². The summed E-state index contributed by atoms with van der Waals surface area (Å²) in [4.78, 5) is 0. The van der Waals surface area contributed by atoms with E-state index in [9.17, 15) is 0 Å². The van der Waals surface area contributed by atoms with E-state index in [2.05, 4.69) is 6.07 Å². The number of rotatable bonds is 2. The minimum atomic E-state index is -0.221. The minimum Gasteiger partial charge on any atom is -0.320 e. The molecular formula is C14H11ClN2. The fourth-order valence-corrected chi connectivity index (χ4v) is 1.86. The molecule has 1 atom stereocenters. The molecule has 0 saturated heterocycles. The lowest BCUT2D eigenvalue weighted by Crippen LogP contribution is -2.11.